The average molecular weight is 400 g/mol. The lowest BCUT2D eigenvalue weighted by Gasteiger charge is -2.17. The van der Waals surface area contributed by atoms with E-state index in [9.17, 15) is 5.11 Å². The molecule has 0 bridgehead atoms. The highest BCUT2D eigenvalue weighted by atomic mass is 16.5. The van der Waals surface area contributed by atoms with Gasteiger partial charge in [-0.25, -0.2) is 0 Å². The Morgan fingerprint density at radius 1 is 1.07 bits per heavy atom. The third kappa shape index (κ3) is 8.54. The first kappa shape index (κ1) is 22.7. The topological polar surface area (TPSA) is 75.1 Å². The molecule has 6 nitrogen and oxygen atoms in total. The molecular weight excluding hydrogens is 366 g/mol. The average Bonchev–Trinajstić information content (AvgIpc) is 2.76. The maximum atomic E-state index is 10.4. The molecule has 0 spiro atoms. The zero-order valence-corrected chi connectivity index (χ0v) is 17.6. The maximum absolute atomic E-state index is 10.4. The monoisotopic (exact) mass is 399 g/mol. The van der Waals surface area contributed by atoms with Crippen LogP contribution in [0.25, 0.3) is 0 Å². The van der Waals surface area contributed by atoms with Gasteiger partial charge >= 0.3 is 0 Å². The molecule has 2 unspecified atom stereocenters. The van der Waals surface area contributed by atoms with E-state index in [0.29, 0.717) is 38.2 Å². The van der Waals surface area contributed by atoms with Gasteiger partial charge < -0.3 is 25.2 Å². The molecule has 2 aromatic rings. The van der Waals surface area contributed by atoms with Crippen LogP contribution in [0.4, 0.5) is 0 Å². The van der Waals surface area contributed by atoms with Gasteiger partial charge in [-0.3, -0.25) is 4.99 Å². The largest absolute Gasteiger partial charge is 0.497 e. The van der Waals surface area contributed by atoms with Crippen LogP contribution in [-0.4, -0.2) is 44.4 Å². The minimum atomic E-state index is -0.628. The second kappa shape index (κ2) is 12.8. The summed E-state index contributed by atoms with van der Waals surface area (Å²) >= 11 is 0. The molecule has 0 aliphatic carbocycles. The van der Waals surface area contributed by atoms with Crippen molar-refractivity contribution in [1.29, 1.82) is 0 Å². The van der Waals surface area contributed by atoms with Gasteiger partial charge in [-0.1, -0.05) is 49.4 Å². The van der Waals surface area contributed by atoms with E-state index in [1.165, 1.54) is 5.56 Å². The molecular formula is C23H33N3O3. The summed E-state index contributed by atoms with van der Waals surface area (Å²) < 4.78 is 10.9. The minimum absolute atomic E-state index is 0.292. The first-order valence-corrected chi connectivity index (χ1v) is 10.1. The van der Waals surface area contributed by atoms with E-state index < -0.39 is 6.10 Å². The van der Waals surface area contributed by atoms with Gasteiger partial charge in [0.05, 0.1) is 26.4 Å². The summed E-state index contributed by atoms with van der Waals surface area (Å²) in [4.78, 5) is 4.62. The van der Waals surface area contributed by atoms with Crippen molar-refractivity contribution in [3.8, 4) is 5.75 Å². The quantitative estimate of drug-likeness (QED) is 0.400. The molecule has 0 aliphatic rings. The van der Waals surface area contributed by atoms with Crippen molar-refractivity contribution in [3.63, 3.8) is 0 Å². The van der Waals surface area contributed by atoms with Gasteiger partial charge in [0.25, 0.3) is 0 Å². The van der Waals surface area contributed by atoms with E-state index >= 15 is 0 Å². The predicted molar refractivity (Wildman–Crippen MR) is 117 cm³/mol. The Kier molecular flexibility index (Phi) is 10.0. The van der Waals surface area contributed by atoms with Crippen LogP contribution < -0.4 is 15.4 Å². The summed E-state index contributed by atoms with van der Waals surface area (Å²) in [6.45, 7) is 7.16. The van der Waals surface area contributed by atoms with Crippen molar-refractivity contribution >= 4 is 5.96 Å². The zero-order chi connectivity index (χ0) is 20.9. The molecule has 0 aromatic heterocycles. The molecule has 6 heteroatoms. The first-order valence-electron chi connectivity index (χ1n) is 10.1. The van der Waals surface area contributed by atoms with Gasteiger partial charge in [0.1, 0.15) is 5.75 Å². The Labute approximate surface area is 174 Å². The van der Waals surface area contributed by atoms with Crippen molar-refractivity contribution in [2.75, 3.05) is 33.4 Å². The molecule has 29 heavy (non-hydrogen) atoms. The van der Waals surface area contributed by atoms with Crippen molar-refractivity contribution < 1.29 is 14.6 Å². The number of hydrogen-bond acceptors (Lipinski definition) is 4. The lowest BCUT2D eigenvalue weighted by atomic mass is 10.1. The highest BCUT2D eigenvalue weighted by molar-refractivity contribution is 5.79. The normalized spacial score (nSPS) is 13.6. The van der Waals surface area contributed by atoms with Gasteiger partial charge in [-0.2, -0.15) is 0 Å². The molecule has 0 amide bonds. The summed E-state index contributed by atoms with van der Waals surface area (Å²) in [6.07, 6.45) is -0.628. The van der Waals surface area contributed by atoms with Gasteiger partial charge in [0, 0.05) is 19.6 Å². The number of methoxy groups -OCH3 is 1. The van der Waals surface area contributed by atoms with Crippen LogP contribution >= 0.6 is 0 Å². The Balaban J connectivity index is 1.76. The molecule has 2 aromatic carbocycles. The number of aliphatic hydroxyl groups is 1. The predicted octanol–water partition coefficient (Wildman–Crippen LogP) is 3.14. The molecule has 0 fully saturated rings. The smallest absolute Gasteiger partial charge is 0.191 e. The zero-order valence-electron chi connectivity index (χ0n) is 17.6. The van der Waals surface area contributed by atoms with Crippen LogP contribution in [0.1, 0.15) is 31.1 Å². The van der Waals surface area contributed by atoms with Gasteiger partial charge in [0.15, 0.2) is 5.96 Å². The molecule has 0 heterocycles. The maximum Gasteiger partial charge on any atom is 0.191 e. The van der Waals surface area contributed by atoms with Crippen LogP contribution in [-0.2, 0) is 11.3 Å². The van der Waals surface area contributed by atoms with Crippen LogP contribution in [0.3, 0.4) is 0 Å². The van der Waals surface area contributed by atoms with Gasteiger partial charge in [-0.05, 0) is 36.1 Å². The molecule has 0 saturated carbocycles. The highest BCUT2D eigenvalue weighted by Gasteiger charge is 2.09. The van der Waals surface area contributed by atoms with E-state index in [-0.39, 0.29) is 0 Å². The number of nitrogens with zero attached hydrogens (tertiary/aromatic N) is 1. The first-order chi connectivity index (χ1) is 14.1. The fraction of sp³-hybridized carbons (Fsp3) is 0.435. The van der Waals surface area contributed by atoms with E-state index in [1.807, 2.05) is 49.4 Å². The molecule has 0 saturated heterocycles. The number of ether oxygens (including phenoxy) is 2. The molecule has 158 valence electrons. The Morgan fingerprint density at radius 3 is 2.45 bits per heavy atom. The fourth-order valence-electron chi connectivity index (χ4n) is 2.73. The number of nitrogens with one attached hydrogen (secondary N) is 2. The molecule has 2 atom stereocenters. The fourth-order valence-corrected chi connectivity index (χ4v) is 2.73. The molecule has 3 N–H and O–H groups in total. The SMILES string of the molecule is CCNC(=NCC(C)COCc1ccccc1)NCC(O)c1ccc(OC)cc1. The van der Waals surface area contributed by atoms with Crippen LogP contribution in [0.15, 0.2) is 59.6 Å². The number of guanidine groups is 1. The number of aliphatic hydroxyl groups excluding tert-OH is 1. The van der Waals surface area contributed by atoms with Crippen LogP contribution in [0.2, 0.25) is 0 Å². The van der Waals surface area contributed by atoms with E-state index in [1.54, 1.807) is 7.11 Å². The van der Waals surface area contributed by atoms with Crippen LogP contribution in [0.5, 0.6) is 5.75 Å². The molecule has 0 aliphatic heterocycles. The second-order valence-corrected chi connectivity index (χ2v) is 7.00. The number of hydrogen-bond donors (Lipinski definition) is 3. The summed E-state index contributed by atoms with van der Waals surface area (Å²) in [7, 11) is 1.62. The summed E-state index contributed by atoms with van der Waals surface area (Å²) in [5.41, 5.74) is 2.00. The molecule has 0 radical (unpaired) electrons. The number of rotatable bonds is 11. The standard InChI is InChI=1S/C23H33N3O3/c1-4-24-23(26-15-22(27)20-10-12-21(28-3)13-11-20)25-14-18(2)16-29-17-19-8-6-5-7-9-19/h5-13,18,22,27H,4,14-17H2,1-3H3,(H2,24,25,26). The summed E-state index contributed by atoms with van der Waals surface area (Å²) in [5.74, 6) is 1.75. The lowest BCUT2D eigenvalue weighted by Crippen LogP contribution is -2.39. The van der Waals surface area contributed by atoms with Gasteiger partial charge in [0.2, 0.25) is 0 Å². The highest BCUT2D eigenvalue weighted by Crippen LogP contribution is 2.16. The lowest BCUT2D eigenvalue weighted by molar-refractivity contribution is 0.0944. The molecule has 2 rings (SSSR count). The minimum Gasteiger partial charge on any atom is -0.497 e. The van der Waals surface area contributed by atoms with E-state index in [0.717, 1.165) is 17.9 Å². The van der Waals surface area contributed by atoms with Crippen molar-refractivity contribution in [1.82, 2.24) is 10.6 Å². The summed E-state index contributed by atoms with van der Waals surface area (Å²) in [6, 6.07) is 17.6. The Bertz CT molecular complexity index is 720. The van der Waals surface area contributed by atoms with Gasteiger partial charge in [-0.15, -0.1) is 0 Å². The van der Waals surface area contributed by atoms with E-state index in [2.05, 4.69) is 34.7 Å². The van der Waals surface area contributed by atoms with Crippen molar-refractivity contribution in [3.05, 3.63) is 65.7 Å². The van der Waals surface area contributed by atoms with E-state index in [4.69, 9.17) is 9.47 Å². The second-order valence-electron chi connectivity index (χ2n) is 7.00. The third-order valence-electron chi connectivity index (χ3n) is 4.38. The Morgan fingerprint density at radius 2 is 1.79 bits per heavy atom. The number of aliphatic imine (C=N–C) groups is 1. The number of benzene rings is 2. The summed E-state index contributed by atoms with van der Waals surface area (Å²) in [5, 5.41) is 16.8. The van der Waals surface area contributed by atoms with Crippen molar-refractivity contribution in [2.24, 2.45) is 10.9 Å². The van der Waals surface area contributed by atoms with Crippen LogP contribution in [0, 0.1) is 5.92 Å². The third-order valence-corrected chi connectivity index (χ3v) is 4.38. The Hall–Kier alpha value is -2.57. The van der Waals surface area contributed by atoms with Crippen molar-refractivity contribution in [2.45, 2.75) is 26.6 Å².